The standard InChI is InChI=1S/C17H23ClN4O/c1-11-15(9-16(23)20-17(3,4)10-19)12(2)22(21-11)14-7-5-13(18)6-8-14/h5-8H,9-10,19H2,1-4H3,(H,20,23). The molecule has 0 saturated heterocycles. The first-order valence-corrected chi connectivity index (χ1v) is 7.93. The maximum Gasteiger partial charge on any atom is 0.225 e. The van der Waals surface area contributed by atoms with Crippen LogP contribution >= 0.6 is 11.6 Å². The molecule has 1 aromatic heterocycles. The molecule has 0 fully saturated rings. The number of hydrogen-bond donors (Lipinski definition) is 2. The molecule has 2 rings (SSSR count). The predicted molar refractivity (Wildman–Crippen MR) is 93.0 cm³/mol. The summed E-state index contributed by atoms with van der Waals surface area (Å²) < 4.78 is 1.84. The first-order chi connectivity index (χ1) is 10.7. The van der Waals surface area contributed by atoms with Crippen molar-refractivity contribution in [1.29, 1.82) is 0 Å². The van der Waals surface area contributed by atoms with Gasteiger partial charge in [-0.25, -0.2) is 4.68 Å². The van der Waals surface area contributed by atoms with Gasteiger partial charge in [-0.15, -0.1) is 0 Å². The zero-order valence-electron chi connectivity index (χ0n) is 14.0. The van der Waals surface area contributed by atoms with E-state index in [1.54, 1.807) is 0 Å². The van der Waals surface area contributed by atoms with Crippen LogP contribution in [0.1, 0.15) is 30.8 Å². The van der Waals surface area contributed by atoms with Crippen LogP contribution in [0.3, 0.4) is 0 Å². The second-order valence-electron chi connectivity index (χ2n) is 6.35. The lowest BCUT2D eigenvalue weighted by molar-refractivity contribution is -0.121. The fourth-order valence-electron chi connectivity index (χ4n) is 2.40. The van der Waals surface area contributed by atoms with Gasteiger partial charge in [-0.3, -0.25) is 4.79 Å². The Morgan fingerprint density at radius 3 is 2.48 bits per heavy atom. The number of benzene rings is 1. The second-order valence-corrected chi connectivity index (χ2v) is 6.79. The number of carbonyl (C=O) groups is 1. The molecule has 0 atom stereocenters. The van der Waals surface area contributed by atoms with Gasteiger partial charge in [-0.05, 0) is 52.0 Å². The average molecular weight is 335 g/mol. The third-order valence-electron chi connectivity index (χ3n) is 3.84. The summed E-state index contributed by atoms with van der Waals surface area (Å²) in [5.74, 6) is -0.0534. The Bertz CT molecular complexity index is 704. The number of carbonyl (C=O) groups excluding carboxylic acids is 1. The lowest BCUT2D eigenvalue weighted by Crippen LogP contribution is -2.49. The van der Waals surface area contributed by atoms with Gasteiger partial charge in [0.1, 0.15) is 0 Å². The summed E-state index contributed by atoms with van der Waals surface area (Å²) >= 11 is 5.93. The Balaban J connectivity index is 2.24. The number of nitrogens with zero attached hydrogens (tertiary/aromatic N) is 2. The number of nitrogens with one attached hydrogen (secondary N) is 1. The van der Waals surface area contributed by atoms with Crippen LogP contribution in [0, 0.1) is 13.8 Å². The second kappa shape index (κ2) is 6.72. The van der Waals surface area contributed by atoms with Crippen LogP contribution in [0.4, 0.5) is 0 Å². The molecule has 0 unspecified atom stereocenters. The Hall–Kier alpha value is -1.85. The smallest absolute Gasteiger partial charge is 0.225 e. The summed E-state index contributed by atoms with van der Waals surface area (Å²) in [6.45, 7) is 8.08. The number of rotatable bonds is 5. The lowest BCUT2D eigenvalue weighted by Gasteiger charge is -2.24. The molecule has 1 heterocycles. The summed E-state index contributed by atoms with van der Waals surface area (Å²) in [7, 11) is 0. The highest BCUT2D eigenvalue weighted by molar-refractivity contribution is 6.30. The van der Waals surface area contributed by atoms with E-state index in [0.717, 1.165) is 22.6 Å². The Morgan fingerprint density at radius 1 is 1.30 bits per heavy atom. The Kier molecular flexibility index (Phi) is 5.12. The molecule has 124 valence electrons. The molecule has 0 bridgehead atoms. The minimum atomic E-state index is -0.412. The SMILES string of the molecule is Cc1nn(-c2ccc(Cl)cc2)c(C)c1CC(=O)NC(C)(C)CN. The summed E-state index contributed by atoms with van der Waals surface area (Å²) in [6, 6.07) is 7.46. The summed E-state index contributed by atoms with van der Waals surface area (Å²) in [6.07, 6.45) is 0.286. The summed E-state index contributed by atoms with van der Waals surface area (Å²) in [4.78, 5) is 12.3. The first kappa shape index (κ1) is 17.5. The maximum atomic E-state index is 12.3. The number of halogens is 1. The fourth-order valence-corrected chi connectivity index (χ4v) is 2.52. The van der Waals surface area contributed by atoms with Crippen molar-refractivity contribution < 1.29 is 4.79 Å². The third-order valence-corrected chi connectivity index (χ3v) is 4.09. The Labute approximate surface area is 141 Å². The predicted octanol–water partition coefficient (Wildman–Crippen LogP) is 2.54. The van der Waals surface area contributed by atoms with E-state index < -0.39 is 5.54 Å². The van der Waals surface area contributed by atoms with Gasteiger partial charge in [0.15, 0.2) is 0 Å². The van der Waals surface area contributed by atoms with Crippen molar-refractivity contribution in [3.63, 3.8) is 0 Å². The monoisotopic (exact) mass is 334 g/mol. The van der Waals surface area contributed by atoms with Gasteiger partial charge in [-0.1, -0.05) is 11.6 Å². The van der Waals surface area contributed by atoms with Crippen molar-refractivity contribution in [2.24, 2.45) is 5.73 Å². The van der Waals surface area contributed by atoms with Gasteiger partial charge in [-0.2, -0.15) is 5.10 Å². The molecule has 0 aliphatic carbocycles. The van der Waals surface area contributed by atoms with Crippen molar-refractivity contribution in [2.75, 3.05) is 6.54 Å². The van der Waals surface area contributed by atoms with E-state index in [-0.39, 0.29) is 12.3 Å². The molecule has 0 aliphatic heterocycles. The van der Waals surface area contributed by atoms with Gasteiger partial charge in [0.05, 0.1) is 17.8 Å². The number of nitrogens with two attached hydrogens (primary N) is 1. The van der Waals surface area contributed by atoms with Crippen molar-refractivity contribution in [1.82, 2.24) is 15.1 Å². The van der Waals surface area contributed by atoms with Crippen LogP contribution in [0.5, 0.6) is 0 Å². The third kappa shape index (κ3) is 4.12. The largest absolute Gasteiger partial charge is 0.350 e. The van der Waals surface area contributed by atoms with Crippen LogP contribution in [0.15, 0.2) is 24.3 Å². The molecule has 1 aromatic carbocycles. The highest BCUT2D eigenvalue weighted by atomic mass is 35.5. The van der Waals surface area contributed by atoms with Crippen LogP contribution in [-0.4, -0.2) is 27.8 Å². The molecule has 0 aliphatic rings. The normalized spacial score (nSPS) is 11.6. The molecule has 23 heavy (non-hydrogen) atoms. The number of amides is 1. The minimum absolute atomic E-state index is 0.0534. The molecular weight excluding hydrogens is 312 g/mol. The van der Waals surface area contributed by atoms with E-state index in [9.17, 15) is 4.79 Å². The lowest BCUT2D eigenvalue weighted by atomic mass is 10.0. The van der Waals surface area contributed by atoms with E-state index >= 15 is 0 Å². The molecule has 5 nitrogen and oxygen atoms in total. The van der Waals surface area contributed by atoms with Crippen molar-refractivity contribution >= 4 is 17.5 Å². The maximum absolute atomic E-state index is 12.3. The van der Waals surface area contributed by atoms with E-state index in [1.807, 2.05) is 56.6 Å². The molecule has 0 saturated carbocycles. The molecule has 1 amide bonds. The minimum Gasteiger partial charge on any atom is -0.350 e. The van der Waals surface area contributed by atoms with Crippen molar-refractivity contribution in [3.8, 4) is 5.69 Å². The van der Waals surface area contributed by atoms with E-state index in [2.05, 4.69) is 10.4 Å². The first-order valence-electron chi connectivity index (χ1n) is 7.55. The zero-order valence-corrected chi connectivity index (χ0v) is 14.7. The van der Waals surface area contributed by atoms with Crippen LogP contribution in [-0.2, 0) is 11.2 Å². The van der Waals surface area contributed by atoms with Gasteiger partial charge < -0.3 is 11.1 Å². The van der Waals surface area contributed by atoms with Crippen LogP contribution < -0.4 is 11.1 Å². The number of aryl methyl sites for hydroxylation is 1. The van der Waals surface area contributed by atoms with Gasteiger partial charge >= 0.3 is 0 Å². The number of hydrogen-bond acceptors (Lipinski definition) is 3. The highest BCUT2D eigenvalue weighted by Crippen LogP contribution is 2.20. The fraction of sp³-hybridized carbons (Fsp3) is 0.412. The average Bonchev–Trinajstić information content (AvgIpc) is 2.76. The van der Waals surface area contributed by atoms with Gasteiger partial charge in [0, 0.05) is 28.4 Å². The van der Waals surface area contributed by atoms with E-state index in [0.29, 0.717) is 11.6 Å². The van der Waals surface area contributed by atoms with Crippen molar-refractivity contribution in [3.05, 3.63) is 46.2 Å². The zero-order chi connectivity index (χ0) is 17.2. The molecular formula is C17H23ClN4O. The van der Waals surface area contributed by atoms with Gasteiger partial charge in [0.25, 0.3) is 0 Å². The number of aromatic nitrogens is 2. The summed E-state index contributed by atoms with van der Waals surface area (Å²) in [5.41, 5.74) is 8.90. The molecule has 6 heteroatoms. The van der Waals surface area contributed by atoms with Gasteiger partial charge in [0.2, 0.25) is 5.91 Å². The highest BCUT2D eigenvalue weighted by Gasteiger charge is 2.21. The van der Waals surface area contributed by atoms with Crippen molar-refractivity contribution in [2.45, 2.75) is 39.7 Å². The van der Waals surface area contributed by atoms with Crippen LogP contribution in [0.2, 0.25) is 5.02 Å². The summed E-state index contributed by atoms with van der Waals surface area (Å²) in [5, 5.41) is 8.18. The van der Waals surface area contributed by atoms with E-state index in [1.165, 1.54) is 0 Å². The van der Waals surface area contributed by atoms with E-state index in [4.69, 9.17) is 17.3 Å². The molecule has 3 N–H and O–H groups in total. The quantitative estimate of drug-likeness (QED) is 0.882. The topological polar surface area (TPSA) is 72.9 Å². The molecule has 2 aromatic rings. The molecule has 0 spiro atoms. The Morgan fingerprint density at radius 2 is 1.91 bits per heavy atom. The van der Waals surface area contributed by atoms with Crippen LogP contribution in [0.25, 0.3) is 5.69 Å². The molecule has 0 radical (unpaired) electrons.